The first kappa shape index (κ1) is 14.4. The number of sulfonamides is 1. The largest absolute Gasteiger partial charge is 0.326 e. The van der Waals surface area contributed by atoms with Gasteiger partial charge in [-0.1, -0.05) is 18.9 Å². The van der Waals surface area contributed by atoms with E-state index in [1.807, 2.05) is 0 Å². The van der Waals surface area contributed by atoms with E-state index in [9.17, 15) is 12.8 Å². The van der Waals surface area contributed by atoms with Crippen LogP contribution < -0.4 is 10.5 Å². The average molecular weight is 286 g/mol. The van der Waals surface area contributed by atoms with Crippen LogP contribution in [0, 0.1) is 11.7 Å². The maximum absolute atomic E-state index is 13.5. The van der Waals surface area contributed by atoms with Crippen LogP contribution in [-0.4, -0.2) is 15.0 Å². The molecule has 4 nitrogen and oxygen atoms in total. The second kappa shape index (κ2) is 5.98. The molecule has 0 spiro atoms. The molecule has 0 bridgehead atoms. The van der Waals surface area contributed by atoms with E-state index in [1.165, 1.54) is 31.0 Å². The van der Waals surface area contributed by atoms with Crippen LogP contribution in [0.2, 0.25) is 0 Å². The highest BCUT2D eigenvalue weighted by Gasteiger charge is 2.22. The first-order valence-electron chi connectivity index (χ1n) is 6.51. The molecule has 6 heteroatoms. The van der Waals surface area contributed by atoms with Gasteiger partial charge in [-0.25, -0.2) is 17.5 Å². The lowest BCUT2D eigenvalue weighted by atomic mass is 10.2. The molecule has 0 aromatic heterocycles. The van der Waals surface area contributed by atoms with Gasteiger partial charge in [0.1, 0.15) is 5.82 Å². The molecular formula is C13H19FN2O2S. The van der Waals surface area contributed by atoms with E-state index in [1.54, 1.807) is 0 Å². The predicted molar refractivity (Wildman–Crippen MR) is 71.4 cm³/mol. The van der Waals surface area contributed by atoms with Crippen LogP contribution in [-0.2, 0) is 16.6 Å². The topological polar surface area (TPSA) is 72.2 Å². The molecule has 0 unspecified atom stereocenters. The summed E-state index contributed by atoms with van der Waals surface area (Å²) in [7, 11) is -3.67. The van der Waals surface area contributed by atoms with E-state index in [-0.39, 0.29) is 17.0 Å². The molecule has 1 fully saturated rings. The van der Waals surface area contributed by atoms with Gasteiger partial charge in [0.2, 0.25) is 10.0 Å². The normalized spacial score (nSPS) is 15.7. The summed E-state index contributed by atoms with van der Waals surface area (Å²) >= 11 is 0. The van der Waals surface area contributed by atoms with Crippen molar-refractivity contribution in [1.82, 2.24) is 4.72 Å². The van der Waals surface area contributed by atoms with Gasteiger partial charge in [0.05, 0.1) is 4.90 Å². The van der Waals surface area contributed by atoms with E-state index >= 15 is 0 Å². The van der Waals surface area contributed by atoms with Crippen molar-refractivity contribution in [2.24, 2.45) is 11.7 Å². The minimum absolute atomic E-state index is 0.0391. The van der Waals surface area contributed by atoms with Gasteiger partial charge in [0, 0.05) is 18.7 Å². The van der Waals surface area contributed by atoms with Crippen LogP contribution >= 0.6 is 0 Å². The standard InChI is InChI=1S/C13H19FN2O2S/c14-12-4-1-5-13(11(12)9-15)19(17,18)16-8-2-3-10-6-7-10/h1,4-5,10,16H,2-3,6-9,15H2. The van der Waals surface area contributed by atoms with Crippen molar-refractivity contribution in [3.8, 4) is 0 Å². The Labute approximate surface area is 113 Å². The second-order valence-corrected chi connectivity index (χ2v) is 6.64. The molecule has 0 saturated heterocycles. The van der Waals surface area contributed by atoms with Crippen molar-refractivity contribution >= 4 is 10.0 Å². The number of benzene rings is 1. The third-order valence-corrected chi connectivity index (χ3v) is 4.89. The highest BCUT2D eigenvalue weighted by Crippen LogP contribution is 2.33. The SMILES string of the molecule is NCc1c(F)cccc1S(=O)(=O)NCCCC1CC1. The Morgan fingerprint density at radius 1 is 1.37 bits per heavy atom. The zero-order chi connectivity index (χ0) is 13.9. The molecule has 1 aromatic carbocycles. The third-order valence-electron chi connectivity index (χ3n) is 3.35. The molecule has 0 heterocycles. The number of halogens is 1. The van der Waals surface area contributed by atoms with Gasteiger partial charge in [0.25, 0.3) is 0 Å². The van der Waals surface area contributed by atoms with E-state index in [0.29, 0.717) is 6.54 Å². The maximum Gasteiger partial charge on any atom is 0.240 e. The first-order valence-corrected chi connectivity index (χ1v) is 8.00. The van der Waals surface area contributed by atoms with Gasteiger partial charge < -0.3 is 5.73 Å². The van der Waals surface area contributed by atoms with Crippen LogP contribution in [0.4, 0.5) is 4.39 Å². The number of nitrogens with one attached hydrogen (secondary N) is 1. The molecule has 0 amide bonds. The molecule has 19 heavy (non-hydrogen) atoms. The van der Waals surface area contributed by atoms with Crippen LogP contribution in [0.5, 0.6) is 0 Å². The molecule has 1 aliphatic rings. The van der Waals surface area contributed by atoms with Gasteiger partial charge in [0.15, 0.2) is 0 Å². The lowest BCUT2D eigenvalue weighted by molar-refractivity contribution is 0.564. The van der Waals surface area contributed by atoms with Crippen LogP contribution in [0.15, 0.2) is 23.1 Å². The monoisotopic (exact) mass is 286 g/mol. The number of hydrogen-bond acceptors (Lipinski definition) is 3. The summed E-state index contributed by atoms with van der Waals surface area (Å²) < 4.78 is 40.2. The van der Waals surface area contributed by atoms with E-state index < -0.39 is 15.8 Å². The summed E-state index contributed by atoms with van der Waals surface area (Å²) in [5.41, 5.74) is 5.46. The Balaban J connectivity index is 2.03. The summed E-state index contributed by atoms with van der Waals surface area (Å²) in [5, 5.41) is 0. The predicted octanol–water partition coefficient (Wildman–Crippen LogP) is 1.75. The number of hydrogen-bond donors (Lipinski definition) is 2. The third kappa shape index (κ3) is 3.75. The molecule has 1 aromatic rings. The van der Waals surface area contributed by atoms with Crippen molar-refractivity contribution in [1.29, 1.82) is 0 Å². The molecule has 0 aliphatic heterocycles. The first-order chi connectivity index (χ1) is 9.04. The highest BCUT2D eigenvalue weighted by molar-refractivity contribution is 7.89. The minimum Gasteiger partial charge on any atom is -0.326 e. The Morgan fingerprint density at radius 3 is 2.74 bits per heavy atom. The zero-order valence-electron chi connectivity index (χ0n) is 10.7. The number of rotatable bonds is 7. The van der Waals surface area contributed by atoms with Gasteiger partial charge in [-0.05, 0) is 30.9 Å². The molecule has 1 aliphatic carbocycles. The fraction of sp³-hybridized carbons (Fsp3) is 0.538. The minimum atomic E-state index is -3.67. The molecule has 3 N–H and O–H groups in total. The fourth-order valence-corrected chi connectivity index (χ4v) is 3.40. The Bertz CT molecular complexity index is 542. The molecule has 106 valence electrons. The van der Waals surface area contributed by atoms with Crippen molar-refractivity contribution in [3.05, 3.63) is 29.6 Å². The van der Waals surface area contributed by atoms with Crippen molar-refractivity contribution in [2.75, 3.05) is 6.54 Å². The number of nitrogens with two attached hydrogens (primary N) is 1. The lowest BCUT2D eigenvalue weighted by Gasteiger charge is -2.11. The van der Waals surface area contributed by atoms with Crippen molar-refractivity contribution in [2.45, 2.75) is 37.1 Å². The zero-order valence-corrected chi connectivity index (χ0v) is 11.5. The summed E-state index contributed by atoms with van der Waals surface area (Å²) in [4.78, 5) is -0.0542. The van der Waals surface area contributed by atoms with Crippen LogP contribution in [0.25, 0.3) is 0 Å². The van der Waals surface area contributed by atoms with Gasteiger partial charge in [-0.15, -0.1) is 0 Å². The molecule has 2 rings (SSSR count). The summed E-state index contributed by atoms with van der Waals surface area (Å²) in [5.74, 6) is 0.196. The molecule has 0 atom stereocenters. The molecular weight excluding hydrogens is 267 g/mol. The van der Waals surface area contributed by atoms with Crippen LogP contribution in [0.1, 0.15) is 31.2 Å². The highest BCUT2D eigenvalue weighted by atomic mass is 32.2. The molecule has 0 radical (unpaired) electrons. The lowest BCUT2D eigenvalue weighted by Crippen LogP contribution is -2.26. The van der Waals surface area contributed by atoms with Gasteiger partial charge in [-0.3, -0.25) is 0 Å². The van der Waals surface area contributed by atoms with E-state index in [0.717, 1.165) is 18.8 Å². The van der Waals surface area contributed by atoms with Gasteiger partial charge in [-0.2, -0.15) is 0 Å². The Kier molecular flexibility index (Phi) is 4.54. The quantitative estimate of drug-likeness (QED) is 0.750. The van der Waals surface area contributed by atoms with Gasteiger partial charge >= 0.3 is 0 Å². The fourth-order valence-electron chi connectivity index (χ4n) is 2.07. The van der Waals surface area contributed by atoms with Crippen LogP contribution in [0.3, 0.4) is 0 Å². The smallest absolute Gasteiger partial charge is 0.240 e. The average Bonchev–Trinajstić information content (AvgIpc) is 3.18. The molecule has 1 saturated carbocycles. The van der Waals surface area contributed by atoms with Crippen molar-refractivity contribution < 1.29 is 12.8 Å². The Morgan fingerprint density at radius 2 is 2.11 bits per heavy atom. The summed E-state index contributed by atoms with van der Waals surface area (Å²) in [6.07, 6.45) is 4.38. The maximum atomic E-state index is 13.5. The van der Waals surface area contributed by atoms with E-state index in [2.05, 4.69) is 4.72 Å². The van der Waals surface area contributed by atoms with Crippen molar-refractivity contribution in [3.63, 3.8) is 0 Å². The Hall–Kier alpha value is -0.980. The summed E-state index contributed by atoms with van der Waals surface area (Å²) in [6, 6.07) is 3.98. The summed E-state index contributed by atoms with van der Waals surface area (Å²) in [6.45, 7) is 0.254. The van der Waals surface area contributed by atoms with E-state index in [4.69, 9.17) is 5.73 Å². The second-order valence-electron chi connectivity index (χ2n) is 4.90.